The van der Waals surface area contributed by atoms with Crippen LogP contribution in [0.2, 0.25) is 5.02 Å². The van der Waals surface area contributed by atoms with Gasteiger partial charge < -0.3 is 18.9 Å². The van der Waals surface area contributed by atoms with Gasteiger partial charge in [0.05, 0.1) is 29.9 Å². The first-order chi connectivity index (χ1) is 19.5. The first-order valence-corrected chi connectivity index (χ1v) is 14.1. The lowest BCUT2D eigenvalue weighted by molar-refractivity contribution is 0.261. The first-order valence-electron chi connectivity index (χ1n) is 12.9. The number of rotatable bonds is 12. The fourth-order valence-corrected chi connectivity index (χ4v) is 4.51. The molecule has 4 rings (SSSR count). The van der Waals surface area contributed by atoms with E-state index in [0.29, 0.717) is 53.4 Å². The van der Waals surface area contributed by atoms with Crippen LogP contribution in [0.4, 0.5) is 0 Å². The maximum absolute atomic E-state index is 9.75. The van der Waals surface area contributed by atoms with E-state index in [-0.39, 0.29) is 6.61 Å². The average molecular weight is 619 g/mol. The molecule has 0 bridgehead atoms. The molecule has 4 aromatic carbocycles. The molecule has 0 amide bonds. The fourth-order valence-electron chi connectivity index (χ4n) is 3.97. The molecule has 7 heteroatoms. The van der Waals surface area contributed by atoms with Gasteiger partial charge >= 0.3 is 0 Å². The quantitative estimate of drug-likeness (QED) is 0.117. The van der Waals surface area contributed by atoms with Gasteiger partial charge in [-0.05, 0) is 78.6 Å². The summed E-state index contributed by atoms with van der Waals surface area (Å²) in [6.45, 7) is 5.45. The van der Waals surface area contributed by atoms with Crippen molar-refractivity contribution in [2.45, 2.75) is 27.1 Å². The second kappa shape index (κ2) is 14.5. The summed E-state index contributed by atoms with van der Waals surface area (Å²) in [5.41, 5.74) is 4.02. The highest BCUT2D eigenvalue weighted by molar-refractivity contribution is 9.10. The maximum Gasteiger partial charge on any atom is 0.180 e. The van der Waals surface area contributed by atoms with Crippen LogP contribution in [0.15, 0.2) is 89.4 Å². The molecule has 0 heterocycles. The van der Waals surface area contributed by atoms with Gasteiger partial charge in [0.25, 0.3) is 0 Å². The Balaban J connectivity index is 1.53. The van der Waals surface area contributed by atoms with Gasteiger partial charge in [-0.3, -0.25) is 0 Å². The number of allylic oxidation sites excluding steroid dienone is 1. The van der Waals surface area contributed by atoms with Crippen molar-refractivity contribution in [3.63, 3.8) is 0 Å². The van der Waals surface area contributed by atoms with Crippen molar-refractivity contribution in [1.29, 1.82) is 5.26 Å². The third kappa shape index (κ3) is 7.81. The Morgan fingerprint density at radius 3 is 2.17 bits per heavy atom. The molecule has 0 aromatic heterocycles. The van der Waals surface area contributed by atoms with Crippen molar-refractivity contribution in [3.05, 3.63) is 117 Å². The van der Waals surface area contributed by atoms with Gasteiger partial charge in [0, 0.05) is 4.47 Å². The van der Waals surface area contributed by atoms with E-state index in [1.54, 1.807) is 12.1 Å². The van der Waals surface area contributed by atoms with Crippen molar-refractivity contribution in [3.8, 4) is 29.1 Å². The highest BCUT2D eigenvalue weighted by Crippen LogP contribution is 2.39. The Hall–Kier alpha value is -3.92. The molecule has 0 aliphatic carbocycles. The van der Waals surface area contributed by atoms with Gasteiger partial charge in [-0.25, -0.2) is 0 Å². The van der Waals surface area contributed by atoms with E-state index in [1.807, 2.05) is 92.7 Å². The zero-order valence-corrected chi connectivity index (χ0v) is 24.7. The van der Waals surface area contributed by atoms with Gasteiger partial charge in [0.2, 0.25) is 0 Å². The van der Waals surface area contributed by atoms with E-state index in [0.717, 1.165) is 26.7 Å². The molecule has 0 aliphatic heterocycles. The van der Waals surface area contributed by atoms with Crippen molar-refractivity contribution in [2.75, 3.05) is 13.2 Å². The summed E-state index contributed by atoms with van der Waals surface area (Å²) < 4.78 is 24.8. The molecule has 40 heavy (non-hydrogen) atoms. The van der Waals surface area contributed by atoms with E-state index >= 15 is 0 Å². The standard InChI is InChI=1S/C33H29BrClNO4/c1-3-37-31-18-24(10-15-30(31)39-21-23-8-6-5-7-9-23)22-40-33-29(35)17-25(19-32(33)38-4-2)16-27(20-36)26-11-13-28(34)14-12-26/h5-19H,3-4,21-22H2,1-2H3/b27-16+. The van der Waals surface area contributed by atoms with Crippen molar-refractivity contribution in [1.82, 2.24) is 0 Å². The molecule has 0 fully saturated rings. The Bertz CT molecular complexity index is 1500. The van der Waals surface area contributed by atoms with E-state index in [2.05, 4.69) is 22.0 Å². The van der Waals surface area contributed by atoms with E-state index in [4.69, 9.17) is 30.5 Å². The highest BCUT2D eigenvalue weighted by Gasteiger charge is 2.15. The molecule has 0 saturated carbocycles. The molecule has 0 saturated heterocycles. The zero-order chi connectivity index (χ0) is 28.3. The van der Waals surface area contributed by atoms with Gasteiger partial charge in [-0.15, -0.1) is 0 Å². The van der Waals surface area contributed by atoms with Crippen LogP contribution < -0.4 is 18.9 Å². The topological polar surface area (TPSA) is 60.7 Å². The maximum atomic E-state index is 9.75. The summed E-state index contributed by atoms with van der Waals surface area (Å²) in [5.74, 6) is 2.25. The molecule has 0 unspecified atom stereocenters. The molecular weight excluding hydrogens is 590 g/mol. The van der Waals surface area contributed by atoms with Crippen LogP contribution in [0.5, 0.6) is 23.0 Å². The molecule has 204 valence electrons. The minimum Gasteiger partial charge on any atom is -0.490 e. The lowest BCUT2D eigenvalue weighted by Gasteiger charge is -2.16. The SMILES string of the molecule is CCOc1cc(COc2c(Cl)cc(/C=C(\C#N)c3ccc(Br)cc3)cc2OCC)ccc1OCc1ccccc1. The lowest BCUT2D eigenvalue weighted by Crippen LogP contribution is -2.03. The third-order valence-electron chi connectivity index (χ3n) is 5.85. The van der Waals surface area contributed by atoms with Gasteiger partial charge in [-0.1, -0.05) is 76.1 Å². The second-order valence-electron chi connectivity index (χ2n) is 8.72. The summed E-state index contributed by atoms with van der Waals surface area (Å²) in [6.07, 6.45) is 1.78. The summed E-state index contributed by atoms with van der Waals surface area (Å²) >= 11 is 10.1. The molecule has 5 nitrogen and oxygen atoms in total. The number of ether oxygens (including phenoxy) is 4. The Morgan fingerprint density at radius 1 is 0.775 bits per heavy atom. The summed E-state index contributed by atoms with van der Waals surface area (Å²) in [4.78, 5) is 0. The molecule has 4 aromatic rings. The monoisotopic (exact) mass is 617 g/mol. The minimum absolute atomic E-state index is 0.246. The Kier molecular flexibility index (Phi) is 10.5. The van der Waals surface area contributed by atoms with Gasteiger partial charge in [-0.2, -0.15) is 5.26 Å². The van der Waals surface area contributed by atoms with Crippen LogP contribution >= 0.6 is 27.5 Å². The van der Waals surface area contributed by atoms with E-state index in [1.165, 1.54) is 0 Å². The number of halogens is 2. The molecule has 0 N–H and O–H groups in total. The Morgan fingerprint density at radius 2 is 1.48 bits per heavy atom. The predicted octanol–water partition coefficient (Wildman–Crippen LogP) is 9.12. The molecular formula is C33H29BrClNO4. The number of benzene rings is 4. The largest absolute Gasteiger partial charge is 0.490 e. The lowest BCUT2D eigenvalue weighted by atomic mass is 10.0. The summed E-state index contributed by atoms with van der Waals surface area (Å²) in [6, 6.07) is 29.1. The zero-order valence-electron chi connectivity index (χ0n) is 22.3. The molecule has 0 aliphatic rings. The minimum atomic E-state index is 0.246. The Labute approximate surface area is 248 Å². The number of hydrogen-bond donors (Lipinski definition) is 0. The molecule has 0 spiro atoms. The van der Waals surface area contributed by atoms with Crippen LogP contribution in [-0.4, -0.2) is 13.2 Å². The van der Waals surface area contributed by atoms with Gasteiger partial charge in [0.1, 0.15) is 13.2 Å². The van der Waals surface area contributed by atoms with Gasteiger partial charge in [0.15, 0.2) is 23.0 Å². The second-order valence-corrected chi connectivity index (χ2v) is 10.0. The van der Waals surface area contributed by atoms with Crippen LogP contribution in [-0.2, 0) is 13.2 Å². The molecule has 0 atom stereocenters. The first kappa shape index (κ1) is 29.1. The average Bonchev–Trinajstić information content (AvgIpc) is 2.96. The number of hydrogen-bond acceptors (Lipinski definition) is 5. The van der Waals surface area contributed by atoms with Crippen LogP contribution in [0, 0.1) is 11.3 Å². The number of nitriles is 1. The number of nitrogens with zero attached hydrogens (tertiary/aromatic N) is 1. The third-order valence-corrected chi connectivity index (χ3v) is 6.66. The normalized spacial score (nSPS) is 11.0. The van der Waals surface area contributed by atoms with Crippen molar-refractivity contribution >= 4 is 39.2 Å². The smallest absolute Gasteiger partial charge is 0.180 e. The van der Waals surface area contributed by atoms with E-state index in [9.17, 15) is 5.26 Å². The highest BCUT2D eigenvalue weighted by atomic mass is 79.9. The summed E-state index contributed by atoms with van der Waals surface area (Å²) in [7, 11) is 0. The van der Waals surface area contributed by atoms with Crippen LogP contribution in [0.25, 0.3) is 11.6 Å². The van der Waals surface area contributed by atoms with Crippen LogP contribution in [0.1, 0.15) is 36.1 Å². The molecule has 0 radical (unpaired) electrons. The van der Waals surface area contributed by atoms with Crippen LogP contribution in [0.3, 0.4) is 0 Å². The van der Waals surface area contributed by atoms with Crippen molar-refractivity contribution < 1.29 is 18.9 Å². The predicted molar refractivity (Wildman–Crippen MR) is 163 cm³/mol. The van der Waals surface area contributed by atoms with Crippen molar-refractivity contribution in [2.24, 2.45) is 0 Å². The summed E-state index contributed by atoms with van der Waals surface area (Å²) in [5, 5.41) is 10.1. The van der Waals surface area contributed by atoms with E-state index < -0.39 is 0 Å². The fraction of sp³-hybridized carbons (Fsp3) is 0.182.